The SMILES string of the molecule is CN(c1ccc(C(=N)N)cc1)S(=O)(=O)c1ccccc1. The van der Waals surface area contributed by atoms with Crippen molar-refractivity contribution < 1.29 is 8.42 Å². The Hall–Kier alpha value is -2.34. The maximum Gasteiger partial charge on any atom is 0.264 e. The third kappa shape index (κ3) is 2.65. The fourth-order valence-corrected chi connectivity index (χ4v) is 2.96. The average Bonchev–Trinajstić information content (AvgIpc) is 2.47. The van der Waals surface area contributed by atoms with E-state index in [1.165, 1.54) is 11.4 Å². The van der Waals surface area contributed by atoms with Gasteiger partial charge in [-0.25, -0.2) is 8.42 Å². The van der Waals surface area contributed by atoms with Crippen molar-refractivity contribution in [2.75, 3.05) is 11.4 Å². The molecule has 20 heavy (non-hydrogen) atoms. The molecule has 0 fully saturated rings. The second-order valence-electron chi connectivity index (χ2n) is 4.25. The molecule has 5 nitrogen and oxygen atoms in total. The summed E-state index contributed by atoms with van der Waals surface area (Å²) in [5.74, 6) is -0.0508. The second kappa shape index (κ2) is 5.34. The first-order valence-electron chi connectivity index (χ1n) is 5.91. The van der Waals surface area contributed by atoms with Gasteiger partial charge in [0.25, 0.3) is 10.0 Å². The Morgan fingerprint density at radius 1 is 1.05 bits per heavy atom. The van der Waals surface area contributed by atoms with Crippen molar-refractivity contribution in [3.63, 3.8) is 0 Å². The number of benzene rings is 2. The van der Waals surface area contributed by atoms with Gasteiger partial charge in [-0.05, 0) is 36.4 Å². The van der Waals surface area contributed by atoms with Gasteiger partial charge in [-0.3, -0.25) is 9.71 Å². The minimum Gasteiger partial charge on any atom is -0.384 e. The highest BCUT2D eigenvalue weighted by molar-refractivity contribution is 7.92. The quantitative estimate of drug-likeness (QED) is 0.664. The van der Waals surface area contributed by atoms with E-state index in [1.807, 2.05) is 0 Å². The number of nitrogens with two attached hydrogens (primary N) is 1. The standard InChI is InChI=1S/C14H15N3O2S/c1-17(12-9-7-11(8-10-12)14(15)16)20(18,19)13-5-3-2-4-6-13/h2-10H,1H3,(H3,15,16). The molecule has 0 amide bonds. The first kappa shape index (κ1) is 14.1. The molecule has 0 aliphatic rings. The van der Waals surface area contributed by atoms with Crippen molar-refractivity contribution in [3.05, 3.63) is 60.2 Å². The Morgan fingerprint density at radius 3 is 2.10 bits per heavy atom. The molecule has 0 aromatic heterocycles. The number of hydrogen-bond donors (Lipinski definition) is 2. The third-order valence-corrected chi connectivity index (χ3v) is 4.74. The van der Waals surface area contributed by atoms with Crippen LogP contribution in [-0.4, -0.2) is 21.3 Å². The number of rotatable bonds is 4. The molecule has 0 radical (unpaired) electrons. The van der Waals surface area contributed by atoms with Gasteiger partial charge in [-0.1, -0.05) is 18.2 Å². The van der Waals surface area contributed by atoms with E-state index in [2.05, 4.69) is 0 Å². The molecular weight excluding hydrogens is 274 g/mol. The smallest absolute Gasteiger partial charge is 0.264 e. The predicted octanol–water partition coefficient (Wildman–Crippen LogP) is 1.80. The summed E-state index contributed by atoms with van der Waals surface area (Å²) in [5, 5.41) is 7.32. The molecule has 0 spiro atoms. The molecule has 0 aliphatic carbocycles. The van der Waals surface area contributed by atoms with Crippen molar-refractivity contribution in [1.29, 1.82) is 5.41 Å². The fourth-order valence-electron chi connectivity index (χ4n) is 1.74. The Labute approximate surface area is 118 Å². The van der Waals surface area contributed by atoms with Crippen LogP contribution in [0.25, 0.3) is 0 Å². The summed E-state index contributed by atoms with van der Waals surface area (Å²) < 4.78 is 26.0. The first-order chi connectivity index (χ1) is 9.43. The summed E-state index contributed by atoms with van der Waals surface area (Å²) in [7, 11) is -2.09. The molecule has 104 valence electrons. The van der Waals surface area contributed by atoms with Crippen LogP contribution < -0.4 is 10.0 Å². The summed E-state index contributed by atoms with van der Waals surface area (Å²) in [4.78, 5) is 0.234. The van der Waals surface area contributed by atoms with Crippen molar-refractivity contribution in [1.82, 2.24) is 0 Å². The third-order valence-electron chi connectivity index (χ3n) is 2.94. The molecule has 0 saturated heterocycles. The minimum atomic E-state index is -3.58. The average molecular weight is 289 g/mol. The summed E-state index contributed by atoms with van der Waals surface area (Å²) in [6.07, 6.45) is 0. The predicted molar refractivity (Wildman–Crippen MR) is 79.5 cm³/mol. The monoisotopic (exact) mass is 289 g/mol. The lowest BCUT2D eigenvalue weighted by Gasteiger charge is -2.19. The highest BCUT2D eigenvalue weighted by atomic mass is 32.2. The highest BCUT2D eigenvalue weighted by Gasteiger charge is 2.20. The van der Waals surface area contributed by atoms with Crippen LogP contribution in [0.2, 0.25) is 0 Å². The molecule has 2 rings (SSSR count). The van der Waals surface area contributed by atoms with Crippen molar-refractivity contribution in [2.24, 2.45) is 5.73 Å². The molecule has 0 unspecified atom stereocenters. The lowest BCUT2D eigenvalue weighted by molar-refractivity contribution is 0.594. The number of sulfonamides is 1. The van der Waals surface area contributed by atoms with Gasteiger partial charge in [-0.2, -0.15) is 0 Å². The maximum absolute atomic E-state index is 12.4. The fraction of sp³-hybridized carbons (Fsp3) is 0.0714. The first-order valence-corrected chi connectivity index (χ1v) is 7.35. The van der Waals surface area contributed by atoms with E-state index in [1.54, 1.807) is 54.6 Å². The Bertz CT molecular complexity index is 710. The van der Waals surface area contributed by atoms with Crippen LogP contribution in [0.3, 0.4) is 0 Å². The van der Waals surface area contributed by atoms with Crippen LogP contribution in [-0.2, 0) is 10.0 Å². The molecule has 0 saturated carbocycles. The van der Waals surface area contributed by atoms with Gasteiger partial charge in [0, 0.05) is 12.6 Å². The van der Waals surface area contributed by atoms with Crippen molar-refractivity contribution in [3.8, 4) is 0 Å². The lowest BCUT2D eigenvalue weighted by atomic mass is 10.2. The summed E-state index contributed by atoms with van der Waals surface area (Å²) in [5.41, 5.74) is 6.44. The Morgan fingerprint density at radius 2 is 1.60 bits per heavy atom. The van der Waals surface area contributed by atoms with E-state index in [9.17, 15) is 8.42 Å². The van der Waals surface area contributed by atoms with Gasteiger partial charge < -0.3 is 5.73 Å². The number of amidine groups is 1. The van der Waals surface area contributed by atoms with Gasteiger partial charge in [0.1, 0.15) is 5.84 Å². The van der Waals surface area contributed by atoms with Gasteiger partial charge in [0.15, 0.2) is 0 Å². The molecule has 3 N–H and O–H groups in total. The van der Waals surface area contributed by atoms with Gasteiger partial charge >= 0.3 is 0 Å². The van der Waals surface area contributed by atoms with Gasteiger partial charge in [0.2, 0.25) is 0 Å². The number of nitrogens with one attached hydrogen (secondary N) is 1. The topological polar surface area (TPSA) is 87.2 Å². The zero-order chi connectivity index (χ0) is 14.8. The number of anilines is 1. The molecular formula is C14H15N3O2S. The van der Waals surface area contributed by atoms with Crippen LogP contribution in [0.4, 0.5) is 5.69 Å². The Balaban J connectivity index is 2.36. The number of nitrogen functional groups attached to an aromatic ring is 1. The van der Waals surface area contributed by atoms with E-state index in [4.69, 9.17) is 11.1 Å². The lowest BCUT2D eigenvalue weighted by Crippen LogP contribution is -2.26. The van der Waals surface area contributed by atoms with Gasteiger partial charge in [-0.15, -0.1) is 0 Å². The highest BCUT2D eigenvalue weighted by Crippen LogP contribution is 2.22. The normalized spacial score (nSPS) is 11.1. The molecule has 0 aliphatic heterocycles. The number of hydrogen-bond acceptors (Lipinski definition) is 3. The van der Waals surface area contributed by atoms with Crippen molar-refractivity contribution >= 4 is 21.5 Å². The van der Waals surface area contributed by atoms with Crippen LogP contribution in [0, 0.1) is 5.41 Å². The molecule has 2 aromatic rings. The van der Waals surface area contributed by atoms with Crippen LogP contribution >= 0.6 is 0 Å². The maximum atomic E-state index is 12.4. The Kier molecular flexibility index (Phi) is 3.76. The summed E-state index contributed by atoms with van der Waals surface area (Å²) >= 11 is 0. The molecule has 2 aromatic carbocycles. The van der Waals surface area contributed by atoms with Crippen LogP contribution in [0.5, 0.6) is 0 Å². The minimum absolute atomic E-state index is 0.0508. The molecule has 0 heterocycles. The zero-order valence-corrected chi connectivity index (χ0v) is 11.8. The summed E-state index contributed by atoms with van der Waals surface area (Å²) in [6.45, 7) is 0. The van der Waals surface area contributed by atoms with E-state index >= 15 is 0 Å². The van der Waals surface area contributed by atoms with E-state index in [0.29, 0.717) is 11.3 Å². The van der Waals surface area contributed by atoms with E-state index in [0.717, 1.165) is 0 Å². The largest absolute Gasteiger partial charge is 0.384 e. The van der Waals surface area contributed by atoms with Gasteiger partial charge in [0.05, 0.1) is 10.6 Å². The zero-order valence-electron chi connectivity index (χ0n) is 10.9. The number of nitrogens with zero attached hydrogens (tertiary/aromatic N) is 1. The van der Waals surface area contributed by atoms with E-state index in [-0.39, 0.29) is 10.7 Å². The molecule has 0 bridgehead atoms. The second-order valence-corrected chi connectivity index (χ2v) is 6.22. The summed E-state index contributed by atoms with van der Waals surface area (Å²) in [6, 6.07) is 14.7. The van der Waals surface area contributed by atoms with Crippen LogP contribution in [0.15, 0.2) is 59.5 Å². The van der Waals surface area contributed by atoms with Crippen molar-refractivity contribution in [2.45, 2.75) is 4.90 Å². The van der Waals surface area contributed by atoms with E-state index < -0.39 is 10.0 Å². The molecule has 6 heteroatoms. The van der Waals surface area contributed by atoms with Crippen LogP contribution in [0.1, 0.15) is 5.56 Å². The molecule has 0 atom stereocenters.